The van der Waals surface area contributed by atoms with Gasteiger partial charge in [0.2, 0.25) is 0 Å². The molecule has 0 radical (unpaired) electrons. The molecule has 0 heterocycles. The molecule has 3 saturated carbocycles. The predicted molar refractivity (Wildman–Crippen MR) is 127 cm³/mol. The first-order chi connectivity index (χ1) is 15.5. The second-order valence-corrected chi connectivity index (χ2v) is 13.2. The molecule has 0 spiro atoms. The average Bonchev–Trinajstić information content (AvgIpc) is 3.00. The molecule has 0 aliphatic heterocycles. The summed E-state index contributed by atoms with van der Waals surface area (Å²) in [5, 5.41) is 65.5. The van der Waals surface area contributed by atoms with Crippen molar-refractivity contribution >= 4 is 5.78 Å². The molecule has 4 rings (SSSR count). The van der Waals surface area contributed by atoms with E-state index >= 15 is 0 Å². The van der Waals surface area contributed by atoms with E-state index in [1.807, 2.05) is 13.8 Å². The van der Waals surface area contributed by atoms with Crippen LogP contribution >= 0.6 is 0 Å². The van der Waals surface area contributed by atoms with Crippen LogP contribution in [-0.2, 0) is 4.79 Å². The van der Waals surface area contributed by atoms with Crippen molar-refractivity contribution in [3.63, 3.8) is 0 Å². The third-order valence-corrected chi connectivity index (χ3v) is 10.5. The van der Waals surface area contributed by atoms with Gasteiger partial charge in [-0.1, -0.05) is 13.8 Å². The Balaban J connectivity index is 1.66. The number of carbonyl (C=O) groups is 1. The molecule has 6 N–H and O–H groups in total. The van der Waals surface area contributed by atoms with Crippen LogP contribution in [0.5, 0.6) is 0 Å². The van der Waals surface area contributed by atoms with Crippen LogP contribution in [-0.4, -0.2) is 71.5 Å². The van der Waals surface area contributed by atoms with Crippen LogP contribution in [0.3, 0.4) is 0 Å². The third-order valence-electron chi connectivity index (χ3n) is 10.5. The molecular weight excluding hydrogens is 436 g/mol. The Labute approximate surface area is 202 Å². The predicted octanol–water partition coefficient (Wildman–Crippen LogP) is 1.85. The highest BCUT2D eigenvalue weighted by Gasteiger charge is 2.69. The number of rotatable bonds is 5. The van der Waals surface area contributed by atoms with Gasteiger partial charge in [0.25, 0.3) is 0 Å². The monoisotopic (exact) mass is 480 g/mol. The molecule has 7 heteroatoms. The van der Waals surface area contributed by atoms with Crippen LogP contribution in [0.25, 0.3) is 0 Å². The molecule has 194 valence electrons. The normalized spacial score (nSPS) is 47.2. The van der Waals surface area contributed by atoms with E-state index < -0.39 is 45.9 Å². The van der Waals surface area contributed by atoms with E-state index in [1.165, 1.54) is 0 Å². The fraction of sp³-hybridized carbons (Fsp3) is 0.889. The van der Waals surface area contributed by atoms with Gasteiger partial charge in [0.1, 0.15) is 0 Å². The summed E-state index contributed by atoms with van der Waals surface area (Å²) in [7, 11) is 0. The first kappa shape index (κ1) is 26.2. The maximum Gasteiger partial charge on any atom is 0.159 e. The van der Waals surface area contributed by atoms with E-state index in [2.05, 4.69) is 0 Å². The summed E-state index contributed by atoms with van der Waals surface area (Å²) in [5.41, 5.74) is -4.27. The lowest BCUT2D eigenvalue weighted by molar-refractivity contribution is -0.177. The molecule has 0 amide bonds. The largest absolute Gasteiger partial charge is 0.390 e. The maximum atomic E-state index is 13.2. The van der Waals surface area contributed by atoms with E-state index in [1.54, 1.807) is 26.8 Å². The Morgan fingerprint density at radius 2 is 1.71 bits per heavy atom. The molecule has 4 aliphatic carbocycles. The summed E-state index contributed by atoms with van der Waals surface area (Å²) < 4.78 is 0. The zero-order valence-corrected chi connectivity index (χ0v) is 21.3. The van der Waals surface area contributed by atoms with Crippen molar-refractivity contribution in [3.05, 3.63) is 11.6 Å². The van der Waals surface area contributed by atoms with E-state index in [0.29, 0.717) is 44.1 Å². The Morgan fingerprint density at radius 3 is 2.32 bits per heavy atom. The van der Waals surface area contributed by atoms with Gasteiger partial charge in [0.05, 0.1) is 35.1 Å². The highest BCUT2D eigenvalue weighted by molar-refractivity contribution is 5.95. The van der Waals surface area contributed by atoms with Crippen molar-refractivity contribution in [2.75, 3.05) is 0 Å². The van der Waals surface area contributed by atoms with E-state index in [-0.39, 0.29) is 36.4 Å². The highest BCUT2D eigenvalue weighted by Crippen LogP contribution is 2.68. The molecule has 0 aromatic rings. The van der Waals surface area contributed by atoms with Crippen LogP contribution in [0.2, 0.25) is 0 Å². The summed E-state index contributed by atoms with van der Waals surface area (Å²) in [6.07, 6.45) is 2.11. The second kappa shape index (κ2) is 8.09. The number of allylic oxidation sites excluding steroid dienone is 1. The average molecular weight is 481 g/mol. The molecule has 0 bridgehead atoms. The number of fused-ring (bicyclic) bond motifs is 5. The molecule has 0 unspecified atom stereocenters. The first-order valence-electron chi connectivity index (χ1n) is 12.9. The van der Waals surface area contributed by atoms with Crippen molar-refractivity contribution in [3.8, 4) is 0 Å². The maximum absolute atomic E-state index is 13.2. The van der Waals surface area contributed by atoms with E-state index in [9.17, 15) is 35.4 Å². The zero-order chi connectivity index (χ0) is 25.5. The summed E-state index contributed by atoms with van der Waals surface area (Å²) >= 11 is 0. The fourth-order valence-corrected chi connectivity index (χ4v) is 8.32. The number of ketones is 1. The summed E-state index contributed by atoms with van der Waals surface area (Å²) in [6, 6.07) is 0. The second-order valence-electron chi connectivity index (χ2n) is 13.2. The molecule has 7 nitrogen and oxygen atoms in total. The van der Waals surface area contributed by atoms with Gasteiger partial charge in [-0.25, -0.2) is 0 Å². The Morgan fingerprint density at radius 1 is 1.06 bits per heavy atom. The Bertz CT molecular complexity index is 860. The van der Waals surface area contributed by atoms with Gasteiger partial charge in [0, 0.05) is 11.3 Å². The van der Waals surface area contributed by atoms with Gasteiger partial charge in [-0.3, -0.25) is 4.79 Å². The van der Waals surface area contributed by atoms with Crippen molar-refractivity contribution in [2.24, 2.45) is 28.6 Å². The van der Waals surface area contributed by atoms with E-state index in [0.717, 1.165) is 0 Å². The molecule has 3 fully saturated rings. The van der Waals surface area contributed by atoms with Crippen LogP contribution < -0.4 is 0 Å². The molecule has 34 heavy (non-hydrogen) atoms. The Kier molecular flexibility index (Phi) is 6.24. The first-order valence-corrected chi connectivity index (χ1v) is 12.9. The van der Waals surface area contributed by atoms with Gasteiger partial charge >= 0.3 is 0 Å². The summed E-state index contributed by atoms with van der Waals surface area (Å²) in [6.45, 7) is 8.96. The minimum Gasteiger partial charge on any atom is -0.390 e. The SMILES string of the molecule is CC(C)(O)CC[C@@H](O)[C@](C)(O)[C@H]1CC[C@@]2(O)C3=CC(=O)[C@@H]4C[C@@H](O)[C@@H](O)C[C@]4(C)[C@H]3CC[C@@]12C. The lowest BCUT2D eigenvalue weighted by Gasteiger charge is -2.60. The van der Waals surface area contributed by atoms with Crippen LogP contribution in [0.4, 0.5) is 0 Å². The zero-order valence-electron chi connectivity index (χ0n) is 21.3. The lowest BCUT2D eigenvalue weighted by atomic mass is 9.45. The number of aliphatic hydroxyl groups is 6. The number of aliphatic hydroxyl groups excluding tert-OH is 3. The van der Waals surface area contributed by atoms with Gasteiger partial charge < -0.3 is 30.6 Å². The lowest BCUT2D eigenvalue weighted by Crippen LogP contribution is -2.62. The fourth-order valence-electron chi connectivity index (χ4n) is 8.32. The van der Waals surface area contributed by atoms with Gasteiger partial charge in [-0.2, -0.15) is 0 Å². The van der Waals surface area contributed by atoms with Crippen molar-refractivity contribution in [1.82, 2.24) is 0 Å². The Hall–Kier alpha value is -0.830. The molecule has 0 aromatic carbocycles. The number of hydrogen-bond donors (Lipinski definition) is 6. The molecule has 10 atom stereocenters. The van der Waals surface area contributed by atoms with Gasteiger partial charge in [-0.15, -0.1) is 0 Å². The van der Waals surface area contributed by atoms with Crippen molar-refractivity contribution in [1.29, 1.82) is 0 Å². The van der Waals surface area contributed by atoms with Crippen LogP contribution in [0.15, 0.2) is 11.6 Å². The van der Waals surface area contributed by atoms with Crippen LogP contribution in [0.1, 0.15) is 86.0 Å². The van der Waals surface area contributed by atoms with Crippen LogP contribution in [0, 0.1) is 28.6 Å². The van der Waals surface area contributed by atoms with Gasteiger partial charge in [-0.05, 0) is 101 Å². The summed E-state index contributed by atoms with van der Waals surface area (Å²) in [4.78, 5) is 13.2. The number of carbonyl (C=O) groups excluding carboxylic acids is 1. The minimum atomic E-state index is -1.46. The van der Waals surface area contributed by atoms with Gasteiger partial charge in [0.15, 0.2) is 5.78 Å². The summed E-state index contributed by atoms with van der Waals surface area (Å²) in [5.74, 6) is -0.948. The smallest absolute Gasteiger partial charge is 0.159 e. The third kappa shape index (κ3) is 3.73. The van der Waals surface area contributed by atoms with E-state index in [4.69, 9.17) is 0 Å². The topological polar surface area (TPSA) is 138 Å². The molecule has 0 saturated heterocycles. The van der Waals surface area contributed by atoms with Crippen molar-refractivity contribution in [2.45, 2.75) is 121 Å². The molecule has 4 aliphatic rings. The quantitative estimate of drug-likeness (QED) is 0.353. The van der Waals surface area contributed by atoms with Crippen molar-refractivity contribution < 1.29 is 35.4 Å². The standard InChI is InChI=1S/C27H44O7/c1-23(2,32)9-8-22(31)26(5,33)21-7-11-27(34)16-12-18(28)17-13-19(29)20(30)14-24(17,3)15(16)6-10-25(21,27)4/h12,15,17,19-22,29-34H,6-11,13-14H2,1-5H3/t15-,17-,19+,20-,21-,22+,24+,25-,26+,27+/m0/s1. The number of hydrogen-bond acceptors (Lipinski definition) is 7. The molecular formula is C27H44O7. The minimum absolute atomic E-state index is 0.0840. The molecule has 0 aromatic heterocycles. The highest BCUT2D eigenvalue weighted by atomic mass is 16.3.